The molecule has 0 unspecified atom stereocenters. The number of aryl methyl sites for hydroxylation is 1. The Bertz CT molecular complexity index is 1460. The summed E-state index contributed by atoms with van der Waals surface area (Å²) in [6, 6.07) is 19.2. The van der Waals surface area contributed by atoms with E-state index < -0.39 is 22.6 Å². The minimum absolute atomic E-state index is 0.180. The van der Waals surface area contributed by atoms with Gasteiger partial charge in [-0.3, -0.25) is 4.31 Å². The van der Waals surface area contributed by atoms with Crippen LogP contribution in [-0.2, 0) is 20.2 Å². The summed E-state index contributed by atoms with van der Waals surface area (Å²) < 4.78 is 34.9. The van der Waals surface area contributed by atoms with Crippen LogP contribution in [0.5, 0.6) is 5.75 Å². The SMILES string of the molecule is Cc1cc(S(=O)(=O)N2CC3(CCCCC3)c3cc(-c4ccc(N(C)C)cc4)ccc32)ccc1OCC(=O)O. The summed E-state index contributed by atoms with van der Waals surface area (Å²) >= 11 is 0. The van der Waals surface area contributed by atoms with Gasteiger partial charge >= 0.3 is 5.97 Å². The van der Waals surface area contributed by atoms with Crippen molar-refractivity contribution in [3.05, 3.63) is 71.8 Å². The average Bonchev–Trinajstić information content (AvgIpc) is 3.22. The minimum atomic E-state index is -3.83. The lowest BCUT2D eigenvalue weighted by atomic mass is 9.70. The molecule has 7 nitrogen and oxygen atoms in total. The lowest BCUT2D eigenvalue weighted by Gasteiger charge is -2.34. The van der Waals surface area contributed by atoms with Crippen LogP contribution in [0.1, 0.15) is 43.2 Å². The highest BCUT2D eigenvalue weighted by Gasteiger charge is 2.47. The van der Waals surface area contributed by atoms with Crippen molar-refractivity contribution >= 4 is 27.4 Å². The molecule has 0 amide bonds. The van der Waals surface area contributed by atoms with Crippen molar-refractivity contribution in [3.8, 4) is 16.9 Å². The van der Waals surface area contributed by atoms with Gasteiger partial charge in [0.25, 0.3) is 10.0 Å². The zero-order valence-corrected chi connectivity index (χ0v) is 22.9. The van der Waals surface area contributed by atoms with Crippen molar-refractivity contribution in [2.75, 3.05) is 36.5 Å². The number of rotatable bonds is 7. The number of nitrogens with zero attached hydrogens (tertiary/aromatic N) is 2. The van der Waals surface area contributed by atoms with E-state index in [2.05, 4.69) is 35.2 Å². The molecule has 1 N–H and O–H groups in total. The number of hydrogen-bond acceptors (Lipinski definition) is 5. The van der Waals surface area contributed by atoms with Crippen LogP contribution in [0, 0.1) is 6.92 Å². The number of carboxylic acid groups (broad SMARTS) is 1. The van der Waals surface area contributed by atoms with Gasteiger partial charge in [0.05, 0.1) is 10.6 Å². The number of sulfonamides is 1. The zero-order chi connectivity index (χ0) is 27.1. The van der Waals surface area contributed by atoms with Gasteiger partial charge in [0.1, 0.15) is 5.75 Å². The third-order valence-corrected chi connectivity index (χ3v) is 9.65. The first-order valence-corrected chi connectivity index (χ1v) is 14.5. The monoisotopic (exact) mass is 534 g/mol. The number of ether oxygens (including phenoxy) is 1. The van der Waals surface area contributed by atoms with E-state index in [1.54, 1.807) is 23.4 Å². The van der Waals surface area contributed by atoms with Crippen LogP contribution >= 0.6 is 0 Å². The number of hydrogen-bond donors (Lipinski definition) is 1. The number of carbonyl (C=O) groups is 1. The first kappa shape index (κ1) is 26.1. The van der Waals surface area contributed by atoms with Gasteiger partial charge in [0.2, 0.25) is 0 Å². The predicted molar refractivity (Wildman–Crippen MR) is 150 cm³/mol. The van der Waals surface area contributed by atoms with Gasteiger partial charge in [-0.15, -0.1) is 0 Å². The first-order valence-electron chi connectivity index (χ1n) is 13.0. The van der Waals surface area contributed by atoms with Crippen molar-refractivity contribution in [1.29, 1.82) is 0 Å². The van der Waals surface area contributed by atoms with Crippen molar-refractivity contribution in [2.24, 2.45) is 0 Å². The van der Waals surface area contributed by atoms with Gasteiger partial charge in [-0.05, 0) is 84.5 Å². The summed E-state index contributed by atoms with van der Waals surface area (Å²) in [5, 5.41) is 8.90. The molecular formula is C30H34N2O5S. The molecule has 1 aliphatic heterocycles. The van der Waals surface area contributed by atoms with Crippen LogP contribution in [0.25, 0.3) is 11.1 Å². The van der Waals surface area contributed by atoms with E-state index in [9.17, 15) is 13.2 Å². The molecule has 1 fully saturated rings. The zero-order valence-electron chi connectivity index (χ0n) is 22.1. The molecule has 1 aliphatic carbocycles. The Balaban J connectivity index is 1.53. The molecule has 0 bridgehead atoms. The fourth-order valence-electron chi connectivity index (χ4n) is 5.84. The summed E-state index contributed by atoms with van der Waals surface area (Å²) in [4.78, 5) is 13.1. The second-order valence-corrected chi connectivity index (χ2v) is 12.5. The van der Waals surface area contributed by atoms with Crippen LogP contribution in [0.2, 0.25) is 0 Å². The molecule has 0 aromatic heterocycles. The van der Waals surface area contributed by atoms with Crippen LogP contribution in [0.15, 0.2) is 65.6 Å². The fraction of sp³-hybridized carbons (Fsp3) is 0.367. The number of aliphatic carboxylic acids is 1. The van der Waals surface area contributed by atoms with Crippen molar-refractivity contribution in [1.82, 2.24) is 0 Å². The Morgan fingerprint density at radius 2 is 1.66 bits per heavy atom. The Hall–Kier alpha value is -3.52. The van der Waals surface area contributed by atoms with Gasteiger partial charge in [0.15, 0.2) is 6.61 Å². The number of anilines is 2. The predicted octanol–water partition coefficient (Wildman–Crippen LogP) is 5.60. The summed E-state index contributed by atoms with van der Waals surface area (Å²) in [7, 11) is 0.202. The first-order chi connectivity index (χ1) is 18.1. The summed E-state index contributed by atoms with van der Waals surface area (Å²) in [5.41, 5.74) is 5.59. The lowest BCUT2D eigenvalue weighted by molar-refractivity contribution is -0.139. The molecule has 0 radical (unpaired) electrons. The fourth-order valence-corrected chi connectivity index (χ4v) is 7.49. The molecule has 0 saturated heterocycles. The number of carboxylic acids is 1. The van der Waals surface area contributed by atoms with Crippen LogP contribution < -0.4 is 13.9 Å². The molecule has 3 aromatic carbocycles. The largest absolute Gasteiger partial charge is 0.482 e. The highest BCUT2D eigenvalue weighted by Crippen LogP contribution is 2.51. The third-order valence-electron chi connectivity index (χ3n) is 7.90. The van der Waals surface area contributed by atoms with E-state index in [0.29, 0.717) is 17.9 Å². The normalized spacial score (nSPS) is 16.3. The van der Waals surface area contributed by atoms with E-state index >= 15 is 0 Å². The standard InChI is InChI=1S/C30H34N2O5S/c1-21-17-25(12-14-28(21)37-19-29(33)34)38(35,36)32-20-30(15-5-4-6-16-30)26-18-23(9-13-27(26)32)22-7-10-24(11-8-22)31(2)3/h7-14,17-18H,4-6,15-16,19-20H2,1-3H3,(H,33,34). The minimum Gasteiger partial charge on any atom is -0.482 e. The number of benzene rings is 3. The van der Waals surface area contributed by atoms with E-state index in [1.807, 2.05) is 26.2 Å². The van der Waals surface area contributed by atoms with Crippen LogP contribution in [0.4, 0.5) is 11.4 Å². The Morgan fingerprint density at radius 3 is 2.29 bits per heavy atom. The molecule has 0 atom stereocenters. The lowest BCUT2D eigenvalue weighted by Crippen LogP contribution is -2.38. The Labute approximate surface area is 224 Å². The average molecular weight is 535 g/mol. The second kappa shape index (κ2) is 9.98. The van der Waals surface area contributed by atoms with E-state index in [4.69, 9.17) is 9.84 Å². The highest BCUT2D eigenvalue weighted by atomic mass is 32.2. The van der Waals surface area contributed by atoms with Gasteiger partial charge in [0, 0.05) is 31.7 Å². The van der Waals surface area contributed by atoms with E-state index in [1.165, 1.54) is 12.5 Å². The summed E-state index contributed by atoms with van der Waals surface area (Å²) in [6.45, 7) is 1.68. The second-order valence-electron chi connectivity index (χ2n) is 10.6. The van der Waals surface area contributed by atoms with Gasteiger partial charge in [-0.1, -0.05) is 37.5 Å². The molecule has 3 aromatic rings. The maximum absolute atomic E-state index is 14.0. The van der Waals surface area contributed by atoms with Gasteiger partial charge in [-0.25, -0.2) is 13.2 Å². The molecule has 8 heteroatoms. The third kappa shape index (κ3) is 4.73. The smallest absolute Gasteiger partial charge is 0.341 e. The van der Waals surface area contributed by atoms with E-state index in [0.717, 1.165) is 53.7 Å². The maximum atomic E-state index is 14.0. The van der Waals surface area contributed by atoms with Gasteiger partial charge < -0.3 is 14.7 Å². The summed E-state index contributed by atoms with van der Waals surface area (Å²) in [5.74, 6) is -0.720. The Morgan fingerprint density at radius 1 is 0.974 bits per heavy atom. The van der Waals surface area contributed by atoms with Crippen LogP contribution in [-0.4, -0.2) is 46.7 Å². The number of fused-ring (bicyclic) bond motifs is 2. The molecule has 1 heterocycles. The summed E-state index contributed by atoms with van der Waals surface area (Å²) in [6.07, 6.45) is 5.28. The molecule has 1 saturated carbocycles. The van der Waals surface area contributed by atoms with Crippen molar-refractivity contribution < 1.29 is 23.1 Å². The topological polar surface area (TPSA) is 87.2 Å². The van der Waals surface area contributed by atoms with Crippen LogP contribution in [0.3, 0.4) is 0 Å². The molecule has 1 spiro atoms. The molecule has 38 heavy (non-hydrogen) atoms. The van der Waals surface area contributed by atoms with Crippen molar-refractivity contribution in [2.45, 2.75) is 49.3 Å². The quantitative estimate of drug-likeness (QED) is 0.425. The molecule has 5 rings (SSSR count). The highest BCUT2D eigenvalue weighted by molar-refractivity contribution is 7.92. The Kier molecular flexibility index (Phi) is 6.86. The van der Waals surface area contributed by atoms with E-state index in [-0.39, 0.29) is 10.3 Å². The molecule has 200 valence electrons. The maximum Gasteiger partial charge on any atom is 0.341 e. The van der Waals surface area contributed by atoms with Gasteiger partial charge in [-0.2, -0.15) is 0 Å². The molecule has 2 aliphatic rings. The molecular weight excluding hydrogens is 500 g/mol. The van der Waals surface area contributed by atoms with Crippen molar-refractivity contribution in [3.63, 3.8) is 0 Å².